The van der Waals surface area contributed by atoms with E-state index in [1.54, 1.807) is 0 Å². The summed E-state index contributed by atoms with van der Waals surface area (Å²) in [4.78, 5) is 6.80. The van der Waals surface area contributed by atoms with Crippen molar-refractivity contribution in [2.24, 2.45) is 0 Å². The highest BCUT2D eigenvalue weighted by atomic mass is 32.2. The van der Waals surface area contributed by atoms with Crippen molar-refractivity contribution in [3.05, 3.63) is 18.2 Å². The number of nitrogens with zero attached hydrogens (tertiary/aromatic N) is 3. The lowest BCUT2D eigenvalue weighted by atomic mass is 9.84. The quantitative estimate of drug-likeness (QED) is 0.723. The first-order chi connectivity index (χ1) is 11.5. The summed E-state index contributed by atoms with van der Waals surface area (Å²) in [6.07, 6.45) is 1.25. The van der Waals surface area contributed by atoms with E-state index in [0.717, 1.165) is 11.4 Å². The van der Waals surface area contributed by atoms with Gasteiger partial charge in [-0.2, -0.15) is 4.31 Å². The summed E-state index contributed by atoms with van der Waals surface area (Å²) in [5, 5.41) is 0. The summed E-state index contributed by atoms with van der Waals surface area (Å²) in [7, 11) is -3.63. The van der Waals surface area contributed by atoms with E-state index in [2.05, 4.69) is 4.90 Å². The van der Waals surface area contributed by atoms with E-state index in [1.807, 2.05) is 45.9 Å². The van der Waals surface area contributed by atoms with Crippen molar-refractivity contribution in [1.29, 1.82) is 0 Å². The molecule has 9 heteroatoms. The van der Waals surface area contributed by atoms with Gasteiger partial charge in [-0.25, -0.2) is 13.4 Å². The number of aromatic nitrogens is 1. The van der Waals surface area contributed by atoms with E-state index >= 15 is 0 Å². The highest BCUT2D eigenvalue weighted by Crippen LogP contribution is 2.36. The molecule has 1 aromatic heterocycles. The highest BCUT2D eigenvalue weighted by molar-refractivity contribution is 7.88. The largest absolute Gasteiger partial charge is 0.514 e. The third-order valence-corrected chi connectivity index (χ3v) is 6.59. The summed E-state index contributed by atoms with van der Waals surface area (Å²) < 4.78 is 36.9. The molecule has 0 amide bonds. The molecule has 0 aromatic carbocycles. The molecule has 0 unspecified atom stereocenters. The fourth-order valence-electron chi connectivity index (χ4n) is 2.96. The van der Waals surface area contributed by atoms with Crippen molar-refractivity contribution in [1.82, 2.24) is 9.29 Å². The molecule has 3 rings (SSSR count). The van der Waals surface area contributed by atoms with Crippen LogP contribution >= 0.6 is 0 Å². The normalized spacial score (nSPS) is 23.9. The second kappa shape index (κ2) is 6.23. The zero-order chi connectivity index (χ0) is 18.5. The first kappa shape index (κ1) is 18.6. The number of anilines is 1. The van der Waals surface area contributed by atoms with Crippen molar-refractivity contribution in [2.45, 2.75) is 38.9 Å². The van der Waals surface area contributed by atoms with E-state index < -0.39 is 28.3 Å². The van der Waals surface area contributed by atoms with Crippen LogP contribution in [0.1, 0.15) is 27.7 Å². The fraction of sp³-hybridized carbons (Fsp3) is 0.688. The van der Waals surface area contributed by atoms with Gasteiger partial charge >= 0.3 is 7.12 Å². The van der Waals surface area contributed by atoms with Gasteiger partial charge in [0.05, 0.1) is 23.1 Å². The molecule has 3 heterocycles. The molecule has 0 radical (unpaired) electrons. The van der Waals surface area contributed by atoms with Gasteiger partial charge in [-0.3, -0.25) is 0 Å². The molecule has 2 aliphatic rings. The molecule has 138 valence electrons. The van der Waals surface area contributed by atoms with Crippen LogP contribution in [0, 0.1) is 0 Å². The third-order valence-electron chi connectivity index (χ3n) is 5.28. The summed E-state index contributed by atoms with van der Waals surface area (Å²) in [6.45, 7) is 10.2. The van der Waals surface area contributed by atoms with Gasteiger partial charge in [-0.15, -0.1) is 0 Å². The molecule has 0 aliphatic carbocycles. The standard InChI is InChI=1S/C16H26BN3O4S/c1-15(2)16(3,4)24-17(23-15)13-7-6-8-14(18-13)19-9-11-20(12-10-19)25(5,21)22/h6-8H,9-12H2,1-5H3. The zero-order valence-electron chi connectivity index (χ0n) is 15.5. The molecule has 2 aliphatic heterocycles. The Labute approximate surface area is 150 Å². The molecule has 0 atom stereocenters. The van der Waals surface area contributed by atoms with Crippen LogP contribution in [0.3, 0.4) is 0 Å². The molecule has 0 bridgehead atoms. The van der Waals surface area contributed by atoms with Crippen molar-refractivity contribution in [3.8, 4) is 0 Å². The smallest absolute Gasteiger partial charge is 0.398 e. The Hall–Kier alpha value is -1.16. The molecule has 2 saturated heterocycles. The number of piperazine rings is 1. The monoisotopic (exact) mass is 367 g/mol. The summed E-state index contributed by atoms with van der Waals surface area (Å²) in [5.41, 5.74) is -0.0749. The molecule has 0 spiro atoms. The molecule has 2 fully saturated rings. The van der Waals surface area contributed by atoms with Crippen LogP contribution in [0.2, 0.25) is 0 Å². The Morgan fingerprint density at radius 3 is 2.12 bits per heavy atom. The molecular weight excluding hydrogens is 341 g/mol. The maximum atomic E-state index is 11.6. The van der Waals surface area contributed by atoms with E-state index in [0.29, 0.717) is 26.2 Å². The summed E-state index contributed by atoms with van der Waals surface area (Å²) >= 11 is 0. The number of hydrogen-bond acceptors (Lipinski definition) is 6. The van der Waals surface area contributed by atoms with Crippen LogP contribution in [0.4, 0.5) is 5.82 Å². The van der Waals surface area contributed by atoms with Crippen molar-refractivity contribution in [2.75, 3.05) is 37.3 Å². The first-order valence-electron chi connectivity index (χ1n) is 8.52. The third kappa shape index (κ3) is 3.69. The predicted molar refractivity (Wildman–Crippen MR) is 98.6 cm³/mol. The van der Waals surface area contributed by atoms with Crippen LogP contribution in [0.15, 0.2) is 18.2 Å². The zero-order valence-corrected chi connectivity index (χ0v) is 16.3. The maximum absolute atomic E-state index is 11.6. The minimum Gasteiger partial charge on any atom is -0.398 e. The first-order valence-corrected chi connectivity index (χ1v) is 10.4. The van der Waals surface area contributed by atoms with Crippen molar-refractivity contribution < 1.29 is 17.7 Å². The van der Waals surface area contributed by atoms with Crippen molar-refractivity contribution in [3.63, 3.8) is 0 Å². The Balaban J connectivity index is 1.73. The lowest BCUT2D eigenvalue weighted by molar-refractivity contribution is 0.00578. The van der Waals surface area contributed by atoms with Crippen LogP contribution in [-0.2, 0) is 19.3 Å². The average molecular weight is 367 g/mol. The highest BCUT2D eigenvalue weighted by Gasteiger charge is 2.52. The van der Waals surface area contributed by atoms with Gasteiger partial charge in [-0.05, 0) is 39.8 Å². The van der Waals surface area contributed by atoms with E-state index in [-0.39, 0.29) is 0 Å². The Bertz CT molecular complexity index is 730. The van der Waals surface area contributed by atoms with Gasteiger partial charge in [0.15, 0.2) is 0 Å². The Morgan fingerprint density at radius 1 is 1.04 bits per heavy atom. The van der Waals surface area contributed by atoms with E-state index in [4.69, 9.17) is 14.3 Å². The molecule has 7 nitrogen and oxygen atoms in total. The SMILES string of the molecule is CC1(C)OB(c2cccc(N3CCN(S(C)(=O)=O)CC3)n2)OC1(C)C. The van der Waals surface area contributed by atoms with Gasteiger partial charge in [0.1, 0.15) is 5.82 Å². The molecule has 1 aromatic rings. The predicted octanol–water partition coefficient (Wildman–Crippen LogP) is 0.462. The topological polar surface area (TPSA) is 72.0 Å². The summed E-state index contributed by atoms with van der Waals surface area (Å²) in [5.74, 6) is 0.820. The Kier molecular flexibility index (Phi) is 4.64. The molecule has 25 heavy (non-hydrogen) atoms. The number of rotatable bonds is 3. The number of hydrogen-bond donors (Lipinski definition) is 0. The van der Waals surface area contributed by atoms with Gasteiger partial charge in [0.2, 0.25) is 10.0 Å². The minimum atomic E-state index is -3.13. The van der Waals surface area contributed by atoms with E-state index in [9.17, 15) is 8.42 Å². The lowest BCUT2D eigenvalue weighted by Crippen LogP contribution is -2.49. The Morgan fingerprint density at radius 2 is 1.60 bits per heavy atom. The van der Waals surface area contributed by atoms with Gasteiger partial charge in [0.25, 0.3) is 0 Å². The van der Waals surface area contributed by atoms with Gasteiger partial charge in [0, 0.05) is 26.2 Å². The van der Waals surface area contributed by atoms with E-state index in [1.165, 1.54) is 10.6 Å². The number of pyridine rings is 1. The molecular formula is C16H26BN3O4S. The number of sulfonamides is 1. The van der Waals surface area contributed by atoms with Crippen LogP contribution < -0.4 is 10.5 Å². The summed E-state index contributed by atoms with van der Waals surface area (Å²) in [6, 6.07) is 5.77. The van der Waals surface area contributed by atoms with Crippen molar-refractivity contribution >= 4 is 28.6 Å². The second-order valence-electron chi connectivity index (χ2n) is 7.66. The maximum Gasteiger partial charge on any atom is 0.514 e. The molecule has 0 N–H and O–H groups in total. The fourth-order valence-corrected chi connectivity index (χ4v) is 3.79. The average Bonchev–Trinajstić information content (AvgIpc) is 2.75. The van der Waals surface area contributed by atoms with Crippen LogP contribution in [-0.4, -0.2) is 68.5 Å². The minimum absolute atomic E-state index is 0.406. The lowest BCUT2D eigenvalue weighted by Gasteiger charge is -2.34. The van der Waals surface area contributed by atoms with Crippen LogP contribution in [0.5, 0.6) is 0 Å². The van der Waals surface area contributed by atoms with Crippen LogP contribution in [0.25, 0.3) is 0 Å². The second-order valence-corrected chi connectivity index (χ2v) is 9.64. The van der Waals surface area contributed by atoms with Gasteiger partial charge in [-0.1, -0.05) is 6.07 Å². The van der Waals surface area contributed by atoms with Gasteiger partial charge < -0.3 is 14.2 Å². The molecule has 0 saturated carbocycles.